The molecule has 1 aromatic carbocycles. The van der Waals surface area contributed by atoms with Crippen LogP contribution in [0.4, 0.5) is 5.69 Å². The molecule has 1 aliphatic rings. The average Bonchev–Trinajstić information content (AvgIpc) is 2.43. The molecular formula is C18H29N3O. The van der Waals surface area contributed by atoms with Gasteiger partial charge in [0.05, 0.1) is 6.54 Å². The van der Waals surface area contributed by atoms with Gasteiger partial charge in [-0.3, -0.25) is 9.69 Å². The van der Waals surface area contributed by atoms with Crippen molar-refractivity contribution in [1.29, 1.82) is 0 Å². The fourth-order valence-electron chi connectivity index (χ4n) is 3.65. The van der Waals surface area contributed by atoms with Crippen LogP contribution in [-0.2, 0) is 4.79 Å². The Kier molecular flexibility index (Phi) is 5.59. The summed E-state index contributed by atoms with van der Waals surface area (Å²) in [5.41, 5.74) is 10.3. The zero-order chi connectivity index (χ0) is 16.3. The lowest BCUT2D eigenvalue weighted by molar-refractivity contribution is -0.118. The lowest BCUT2D eigenvalue weighted by Gasteiger charge is -2.39. The number of rotatable bonds is 4. The van der Waals surface area contributed by atoms with Crippen LogP contribution >= 0.6 is 0 Å². The van der Waals surface area contributed by atoms with Gasteiger partial charge in [0.2, 0.25) is 5.91 Å². The van der Waals surface area contributed by atoms with E-state index in [9.17, 15) is 4.79 Å². The van der Waals surface area contributed by atoms with Crippen molar-refractivity contribution < 1.29 is 4.79 Å². The number of nitrogens with zero attached hydrogens (tertiary/aromatic N) is 1. The molecule has 0 spiro atoms. The minimum absolute atomic E-state index is 0.0580. The molecule has 4 heteroatoms. The molecule has 1 aliphatic heterocycles. The summed E-state index contributed by atoms with van der Waals surface area (Å²) < 4.78 is 0. The number of piperidine rings is 1. The van der Waals surface area contributed by atoms with Crippen LogP contribution in [0.2, 0.25) is 0 Å². The van der Waals surface area contributed by atoms with Crippen molar-refractivity contribution in [2.45, 2.75) is 46.6 Å². The summed E-state index contributed by atoms with van der Waals surface area (Å²) in [5.74, 6) is 0.622. The number of carbonyl (C=O) groups excluding carboxylic acids is 1. The van der Waals surface area contributed by atoms with Crippen molar-refractivity contribution in [1.82, 2.24) is 4.90 Å². The summed E-state index contributed by atoms with van der Waals surface area (Å²) in [4.78, 5) is 14.7. The normalized spacial score (nSPS) is 22.6. The van der Waals surface area contributed by atoms with E-state index in [1.54, 1.807) is 0 Å². The molecule has 0 aromatic heterocycles. The van der Waals surface area contributed by atoms with Crippen molar-refractivity contribution in [2.75, 3.05) is 25.0 Å². The molecule has 1 aromatic rings. The van der Waals surface area contributed by atoms with Crippen LogP contribution < -0.4 is 11.1 Å². The van der Waals surface area contributed by atoms with E-state index in [-0.39, 0.29) is 5.91 Å². The predicted molar refractivity (Wildman–Crippen MR) is 92.1 cm³/mol. The van der Waals surface area contributed by atoms with E-state index in [0.717, 1.165) is 29.8 Å². The highest BCUT2D eigenvalue weighted by molar-refractivity contribution is 5.93. The number of likely N-dealkylation sites (tertiary alicyclic amines) is 1. The fraction of sp³-hybridized carbons (Fsp3) is 0.611. The van der Waals surface area contributed by atoms with Gasteiger partial charge in [0.25, 0.3) is 0 Å². The van der Waals surface area contributed by atoms with Crippen LogP contribution in [-0.4, -0.2) is 36.5 Å². The molecule has 1 saturated heterocycles. The van der Waals surface area contributed by atoms with Gasteiger partial charge >= 0.3 is 0 Å². The topological polar surface area (TPSA) is 58.4 Å². The molecule has 0 bridgehead atoms. The Morgan fingerprint density at radius 1 is 1.32 bits per heavy atom. The van der Waals surface area contributed by atoms with E-state index in [4.69, 9.17) is 5.73 Å². The first-order valence-corrected chi connectivity index (χ1v) is 8.24. The summed E-state index contributed by atoms with van der Waals surface area (Å²) in [6, 6.07) is 4.53. The fourth-order valence-corrected chi connectivity index (χ4v) is 3.65. The van der Waals surface area contributed by atoms with Crippen molar-refractivity contribution in [3.05, 3.63) is 28.8 Å². The van der Waals surface area contributed by atoms with Crippen LogP contribution in [0, 0.1) is 26.7 Å². The minimum Gasteiger partial charge on any atom is -0.329 e. The second-order valence-corrected chi connectivity index (χ2v) is 6.71. The van der Waals surface area contributed by atoms with E-state index in [0.29, 0.717) is 25.0 Å². The summed E-state index contributed by atoms with van der Waals surface area (Å²) in [7, 11) is 0. The third kappa shape index (κ3) is 3.87. The zero-order valence-electron chi connectivity index (χ0n) is 14.3. The maximum absolute atomic E-state index is 12.4. The Hall–Kier alpha value is -1.39. The van der Waals surface area contributed by atoms with Gasteiger partial charge in [-0.1, -0.05) is 24.6 Å². The van der Waals surface area contributed by atoms with Crippen molar-refractivity contribution in [3.63, 3.8) is 0 Å². The average molecular weight is 303 g/mol. The maximum Gasteiger partial charge on any atom is 0.238 e. The van der Waals surface area contributed by atoms with E-state index in [1.165, 1.54) is 12.0 Å². The Morgan fingerprint density at radius 3 is 2.55 bits per heavy atom. The zero-order valence-corrected chi connectivity index (χ0v) is 14.3. The summed E-state index contributed by atoms with van der Waals surface area (Å²) in [6.07, 6.45) is 2.35. The molecule has 2 unspecified atom stereocenters. The number of amides is 1. The lowest BCUT2D eigenvalue weighted by Crippen LogP contribution is -2.51. The van der Waals surface area contributed by atoms with Gasteiger partial charge in [-0.05, 0) is 57.2 Å². The first-order valence-electron chi connectivity index (χ1n) is 8.24. The highest BCUT2D eigenvalue weighted by Gasteiger charge is 2.28. The molecule has 1 fully saturated rings. The number of benzene rings is 1. The molecule has 1 heterocycles. The second kappa shape index (κ2) is 7.25. The van der Waals surface area contributed by atoms with E-state index >= 15 is 0 Å². The molecule has 2 rings (SSSR count). The molecule has 2 atom stereocenters. The van der Waals surface area contributed by atoms with E-state index in [2.05, 4.69) is 36.2 Å². The number of hydrogen-bond acceptors (Lipinski definition) is 3. The monoisotopic (exact) mass is 303 g/mol. The quantitative estimate of drug-likeness (QED) is 0.899. The van der Waals surface area contributed by atoms with E-state index < -0.39 is 0 Å². The largest absolute Gasteiger partial charge is 0.329 e. The van der Waals surface area contributed by atoms with Gasteiger partial charge < -0.3 is 11.1 Å². The molecule has 122 valence electrons. The number of hydrogen-bond donors (Lipinski definition) is 2. The SMILES string of the molecule is Cc1cc(C)c(NC(=O)CN2CCCC(C)C2CN)c(C)c1. The second-order valence-electron chi connectivity index (χ2n) is 6.71. The maximum atomic E-state index is 12.4. The van der Waals surface area contributed by atoms with Crippen LogP contribution in [0.15, 0.2) is 12.1 Å². The lowest BCUT2D eigenvalue weighted by atomic mass is 9.91. The number of aryl methyl sites for hydroxylation is 3. The van der Waals surface area contributed by atoms with Crippen molar-refractivity contribution in [3.8, 4) is 0 Å². The Balaban J connectivity index is 2.04. The summed E-state index contributed by atoms with van der Waals surface area (Å²) >= 11 is 0. The summed E-state index contributed by atoms with van der Waals surface area (Å²) in [6.45, 7) is 10.4. The van der Waals surface area contributed by atoms with Crippen LogP contribution in [0.1, 0.15) is 36.5 Å². The molecule has 22 heavy (non-hydrogen) atoms. The molecule has 0 radical (unpaired) electrons. The minimum atomic E-state index is 0.0580. The Labute approximate surface area is 134 Å². The Bertz CT molecular complexity index is 518. The highest BCUT2D eigenvalue weighted by atomic mass is 16.2. The third-order valence-corrected chi connectivity index (χ3v) is 4.76. The summed E-state index contributed by atoms with van der Waals surface area (Å²) in [5, 5.41) is 3.09. The van der Waals surface area contributed by atoms with Crippen LogP contribution in [0.3, 0.4) is 0 Å². The molecule has 0 saturated carbocycles. The molecular weight excluding hydrogens is 274 g/mol. The smallest absolute Gasteiger partial charge is 0.238 e. The number of carbonyl (C=O) groups is 1. The van der Waals surface area contributed by atoms with Crippen molar-refractivity contribution in [2.24, 2.45) is 11.7 Å². The van der Waals surface area contributed by atoms with Gasteiger partial charge in [0, 0.05) is 18.3 Å². The molecule has 3 N–H and O–H groups in total. The third-order valence-electron chi connectivity index (χ3n) is 4.76. The number of nitrogens with two attached hydrogens (primary N) is 1. The van der Waals surface area contributed by atoms with Gasteiger partial charge in [0.1, 0.15) is 0 Å². The first-order chi connectivity index (χ1) is 10.4. The van der Waals surface area contributed by atoms with Gasteiger partial charge in [0.15, 0.2) is 0 Å². The Morgan fingerprint density at radius 2 is 1.95 bits per heavy atom. The van der Waals surface area contributed by atoms with Gasteiger partial charge in [-0.15, -0.1) is 0 Å². The van der Waals surface area contributed by atoms with Crippen LogP contribution in [0.5, 0.6) is 0 Å². The van der Waals surface area contributed by atoms with Crippen molar-refractivity contribution >= 4 is 11.6 Å². The predicted octanol–water partition coefficient (Wildman–Crippen LogP) is 2.61. The highest BCUT2D eigenvalue weighted by Crippen LogP contribution is 2.24. The molecule has 4 nitrogen and oxygen atoms in total. The standard InChI is InChI=1S/C18H29N3O/c1-12-8-14(3)18(15(4)9-12)20-17(22)11-21-7-5-6-13(2)16(21)10-19/h8-9,13,16H,5-7,10-11,19H2,1-4H3,(H,20,22). The molecule has 0 aliphatic carbocycles. The van der Waals surface area contributed by atoms with Gasteiger partial charge in [-0.2, -0.15) is 0 Å². The number of anilines is 1. The van der Waals surface area contributed by atoms with Crippen LogP contribution in [0.25, 0.3) is 0 Å². The van der Waals surface area contributed by atoms with E-state index in [1.807, 2.05) is 13.8 Å². The first kappa shape index (κ1) is 17.0. The number of nitrogens with one attached hydrogen (secondary N) is 1. The van der Waals surface area contributed by atoms with Gasteiger partial charge in [-0.25, -0.2) is 0 Å². The molecule has 1 amide bonds.